The first-order valence-electron chi connectivity index (χ1n) is 28.7. The number of primary amides is 1. The molecule has 23 heteroatoms. The number of urea groups is 1. The van der Waals surface area contributed by atoms with Gasteiger partial charge >= 0.3 is 12.1 Å². The first kappa shape index (κ1) is 63.9. The van der Waals surface area contributed by atoms with Gasteiger partial charge in [0.1, 0.15) is 36.5 Å². The van der Waals surface area contributed by atoms with Crippen LogP contribution in [0.15, 0.2) is 91.1 Å². The van der Waals surface area contributed by atoms with Gasteiger partial charge in [-0.2, -0.15) is 11.8 Å². The average Bonchev–Trinajstić information content (AvgIpc) is 1.98. The molecule has 4 heterocycles. The minimum atomic E-state index is -1.50. The first-order chi connectivity index (χ1) is 40.4. The Morgan fingerprint density at radius 2 is 1.61 bits per heavy atom. The van der Waals surface area contributed by atoms with Crippen LogP contribution in [0.2, 0.25) is 0 Å². The Bertz CT molecular complexity index is 2940. The molecule has 7 rings (SSSR count). The molecule has 9 amide bonds. The molecule has 2 fully saturated rings. The number of nitrogens with zero attached hydrogens (tertiary/aromatic N) is 5. The molecule has 5 atom stereocenters. The Morgan fingerprint density at radius 3 is 2.30 bits per heavy atom. The Morgan fingerprint density at radius 1 is 0.881 bits per heavy atom. The summed E-state index contributed by atoms with van der Waals surface area (Å²) in [5.41, 5.74) is 8.73. The third kappa shape index (κ3) is 18.2. The number of hydrogen-bond acceptors (Lipinski definition) is 12. The highest BCUT2D eigenvalue weighted by atomic mass is 32.2. The quantitative estimate of drug-likeness (QED) is 0.0267. The van der Waals surface area contributed by atoms with Crippen molar-refractivity contribution < 1.29 is 56.6 Å². The van der Waals surface area contributed by atoms with Crippen molar-refractivity contribution >= 4 is 65.0 Å². The van der Waals surface area contributed by atoms with Gasteiger partial charge in [-0.05, 0) is 98.9 Å². The normalized spacial score (nSPS) is 17.2. The topological polar surface area (TPSA) is 257 Å². The van der Waals surface area contributed by atoms with Crippen molar-refractivity contribution in [1.82, 2.24) is 40.2 Å². The van der Waals surface area contributed by atoms with Crippen molar-refractivity contribution in [2.45, 2.75) is 116 Å². The fraction of sp³-hybridized carbons (Fsp3) is 0.492. The van der Waals surface area contributed by atoms with Crippen LogP contribution in [-0.2, 0) is 51.4 Å². The number of benzene rings is 3. The number of aryl methyl sites for hydroxylation is 1. The third-order valence-corrected chi connectivity index (χ3v) is 15.9. The van der Waals surface area contributed by atoms with E-state index >= 15 is 8.78 Å². The summed E-state index contributed by atoms with van der Waals surface area (Å²) < 4.78 is 45.6. The molecule has 1 aromatic heterocycles. The summed E-state index contributed by atoms with van der Waals surface area (Å²) in [7, 11) is 0. The van der Waals surface area contributed by atoms with Crippen molar-refractivity contribution in [3.8, 4) is 11.3 Å². The predicted molar refractivity (Wildman–Crippen MR) is 314 cm³/mol. The number of alkyl halides is 1. The zero-order valence-electron chi connectivity index (χ0n) is 48.2. The van der Waals surface area contributed by atoms with Gasteiger partial charge in [0.15, 0.2) is 0 Å². The number of imide groups is 1. The number of hydrogen-bond donors (Lipinski definition) is 5. The molecule has 0 radical (unpaired) electrons. The van der Waals surface area contributed by atoms with Gasteiger partial charge in [-0.3, -0.25) is 33.7 Å². The molecule has 84 heavy (non-hydrogen) atoms. The van der Waals surface area contributed by atoms with Crippen LogP contribution in [0.3, 0.4) is 0 Å². The maximum absolute atomic E-state index is 16.5. The monoisotopic (exact) mass is 1180 g/mol. The molecule has 6 N–H and O–H groups in total. The summed E-state index contributed by atoms with van der Waals surface area (Å²) in [5.74, 6) is -3.08. The van der Waals surface area contributed by atoms with Crippen molar-refractivity contribution in [2.24, 2.45) is 23.5 Å². The number of anilines is 1. The highest BCUT2D eigenvalue weighted by molar-refractivity contribution is 7.98. The summed E-state index contributed by atoms with van der Waals surface area (Å²) in [6.07, 6.45) is 7.33. The van der Waals surface area contributed by atoms with Crippen LogP contribution in [-0.4, -0.2) is 148 Å². The number of nitrogens with two attached hydrogens (primary N) is 1. The number of likely N-dealkylation sites (tertiary alicyclic amines) is 1. The van der Waals surface area contributed by atoms with Crippen LogP contribution in [0.5, 0.6) is 0 Å². The maximum Gasteiger partial charge on any atom is 0.410 e. The van der Waals surface area contributed by atoms with Crippen molar-refractivity contribution in [1.29, 1.82) is 0 Å². The molecule has 3 aliphatic rings. The smallest absolute Gasteiger partial charge is 0.410 e. The van der Waals surface area contributed by atoms with Gasteiger partial charge in [-0.1, -0.05) is 74.4 Å². The highest BCUT2D eigenvalue weighted by Crippen LogP contribution is 2.39. The van der Waals surface area contributed by atoms with Gasteiger partial charge in [0, 0.05) is 100 Å². The number of ether oxygens (including phenoxy) is 2. The molecule has 2 saturated heterocycles. The molecular formula is C61H78F2N10O10S. The highest BCUT2D eigenvalue weighted by Gasteiger charge is 2.43. The van der Waals surface area contributed by atoms with Crippen LogP contribution in [0.25, 0.3) is 11.3 Å². The van der Waals surface area contributed by atoms with E-state index in [0.717, 1.165) is 16.0 Å². The summed E-state index contributed by atoms with van der Waals surface area (Å²) in [6.45, 7) is 6.59. The number of carbonyl (C=O) groups is 8. The van der Waals surface area contributed by atoms with Crippen LogP contribution in [0.1, 0.15) is 100 Å². The van der Waals surface area contributed by atoms with Crippen molar-refractivity contribution in [2.75, 3.05) is 63.3 Å². The van der Waals surface area contributed by atoms with Crippen LogP contribution < -0.4 is 27.0 Å². The van der Waals surface area contributed by atoms with E-state index in [1.54, 1.807) is 55.1 Å². The van der Waals surface area contributed by atoms with E-state index in [4.69, 9.17) is 20.2 Å². The zero-order valence-corrected chi connectivity index (χ0v) is 49.0. The van der Waals surface area contributed by atoms with Crippen molar-refractivity contribution in [3.63, 3.8) is 0 Å². The Hall–Kier alpha value is -7.66. The second-order valence-corrected chi connectivity index (χ2v) is 22.9. The van der Waals surface area contributed by atoms with E-state index in [1.807, 2.05) is 54.3 Å². The number of carbonyl (C=O) groups excluding carboxylic acids is 8. The molecule has 3 aliphatic heterocycles. The van der Waals surface area contributed by atoms with E-state index in [-0.39, 0.29) is 100 Å². The molecule has 0 saturated carbocycles. The fourth-order valence-corrected chi connectivity index (χ4v) is 11.0. The first-order valence-corrected chi connectivity index (χ1v) is 30.1. The number of imidazole rings is 1. The van der Waals surface area contributed by atoms with E-state index < -0.39 is 60.0 Å². The van der Waals surface area contributed by atoms with Crippen LogP contribution in [0.4, 0.5) is 24.1 Å². The lowest BCUT2D eigenvalue weighted by atomic mass is 9.88. The Labute approximate surface area is 493 Å². The number of amides is 9. The van der Waals surface area contributed by atoms with Gasteiger partial charge in [-0.25, -0.2) is 23.4 Å². The molecule has 20 nitrogen and oxygen atoms in total. The number of rotatable bonds is 29. The van der Waals surface area contributed by atoms with E-state index in [0.29, 0.717) is 85.9 Å². The molecule has 5 unspecified atom stereocenters. The van der Waals surface area contributed by atoms with Crippen LogP contribution >= 0.6 is 11.8 Å². The molecule has 0 spiro atoms. The largest absolute Gasteiger partial charge is 0.445 e. The van der Waals surface area contributed by atoms with Crippen LogP contribution in [0, 0.1) is 30.5 Å². The molecule has 4 aromatic rings. The summed E-state index contributed by atoms with van der Waals surface area (Å²) in [5, 5.41) is 10.8. The lowest BCUT2D eigenvalue weighted by Crippen LogP contribution is -2.54. The number of unbranched alkanes of at least 4 members (excludes halogenated alkanes) is 2. The lowest BCUT2D eigenvalue weighted by Gasteiger charge is -2.40. The standard InChI is InChI=1S/C61H78F2N10O10S/c1-39(2)55(69-51(74)15-9-6-10-28-72-52(75)22-23-53(72)76)59(79)68-49(14-11-27-65-60(64)80)58(78)66-45-19-17-42(18-20-45)38-83-61(81)71-34-44(48(63)36-71)35-73(54(77)26-31-84-4)56(43-24-29-82-30-25-43)57-67-50(46-32-40(3)16-21-47(46)62)37-70(57)33-41-12-7-5-8-13-41/h5,7-8,12-13,16-23,32,37,39,43-44,48-49,55-56H,6,9-11,14-15,24-31,33-36,38H2,1-4H3,(H,66,78)(H,68,79)(H,69,74)(H3,64,65,80). The number of aromatic nitrogens is 2. The van der Waals surface area contributed by atoms with Gasteiger partial charge in [-0.15, -0.1) is 0 Å². The zero-order chi connectivity index (χ0) is 60.3. The SMILES string of the molecule is CSCCC(=O)N(CC1CN(C(=O)OCc2ccc(NC(=O)C(CCCNC(N)=O)NC(=O)C(NC(=O)CCCCCN3C(=O)C=CC3=O)C(C)C)cc2)CC1F)C(c1nc(-c2cc(C)ccc2F)cn1Cc1ccccc1)C1CCOCC1. The maximum atomic E-state index is 16.5. The Kier molecular flexibility index (Phi) is 23.8. The Balaban J connectivity index is 0.982. The number of thioether (sulfide) groups is 1. The average molecular weight is 1180 g/mol. The van der Waals surface area contributed by atoms with E-state index in [1.165, 1.54) is 34.9 Å². The minimum Gasteiger partial charge on any atom is -0.445 e. The molecule has 0 aliphatic carbocycles. The second kappa shape index (κ2) is 31.3. The molecule has 452 valence electrons. The fourth-order valence-electron chi connectivity index (χ4n) is 10.6. The van der Waals surface area contributed by atoms with Crippen molar-refractivity contribution in [3.05, 3.63) is 119 Å². The van der Waals surface area contributed by atoms with Gasteiger partial charge < -0.3 is 50.8 Å². The summed E-state index contributed by atoms with van der Waals surface area (Å²) >= 11 is 1.53. The summed E-state index contributed by atoms with van der Waals surface area (Å²) in [6, 6.07) is 17.6. The third-order valence-electron chi connectivity index (χ3n) is 15.2. The molecular weight excluding hydrogens is 1100 g/mol. The predicted octanol–water partition coefficient (Wildman–Crippen LogP) is 7.20. The number of halogens is 2. The van der Waals surface area contributed by atoms with E-state index in [2.05, 4.69) is 21.3 Å². The second-order valence-electron chi connectivity index (χ2n) is 21.9. The molecule has 0 bridgehead atoms. The van der Waals surface area contributed by atoms with Gasteiger partial charge in [0.05, 0.1) is 18.3 Å². The minimum absolute atomic E-state index is 0.0144. The summed E-state index contributed by atoms with van der Waals surface area (Å²) in [4.78, 5) is 113. The van der Waals surface area contributed by atoms with Gasteiger partial charge in [0.25, 0.3) is 11.8 Å². The van der Waals surface area contributed by atoms with Gasteiger partial charge in [0.2, 0.25) is 23.6 Å². The molecule has 3 aromatic carbocycles. The number of nitrogens with one attached hydrogen (secondary N) is 4. The lowest BCUT2D eigenvalue weighted by molar-refractivity contribution is -0.138. The van der Waals surface area contributed by atoms with E-state index in [9.17, 15) is 38.4 Å².